The van der Waals surface area contributed by atoms with E-state index in [9.17, 15) is 32.8 Å². The third kappa shape index (κ3) is 5.94. The van der Waals surface area contributed by atoms with Gasteiger partial charge >= 0.3 is 7.60 Å². The van der Waals surface area contributed by atoms with Gasteiger partial charge in [0.25, 0.3) is 0 Å². The second-order valence-corrected chi connectivity index (χ2v) is 12.7. The highest BCUT2D eigenvalue weighted by atomic mass is 32.2. The number of halogens is 1. The lowest BCUT2D eigenvalue weighted by atomic mass is 10.1. The Kier molecular flexibility index (Phi) is 7.32. The van der Waals surface area contributed by atoms with Crippen molar-refractivity contribution in [3.8, 4) is 6.07 Å². The molecule has 198 valence electrons. The number of hydrogen-bond donors (Lipinski definition) is 5. The second kappa shape index (κ2) is 10.0. The Morgan fingerprint density at radius 1 is 1.24 bits per heavy atom. The number of nitrogens with one attached hydrogen (secondary N) is 1. The highest BCUT2D eigenvalue weighted by molar-refractivity contribution is 7.97. The van der Waals surface area contributed by atoms with Gasteiger partial charge in [-0.2, -0.15) is 15.3 Å². The number of rotatable bonds is 8. The maximum absolute atomic E-state index is 13.3. The normalized spacial score (nSPS) is 23.2. The highest BCUT2D eigenvalue weighted by Gasteiger charge is 2.47. The molecule has 0 aliphatic carbocycles. The van der Waals surface area contributed by atoms with Gasteiger partial charge in [-0.25, -0.2) is 22.5 Å². The number of aliphatic hydroxyl groups excluding tert-OH is 2. The molecule has 37 heavy (non-hydrogen) atoms. The summed E-state index contributed by atoms with van der Waals surface area (Å²) in [6, 6.07) is 7.16. The van der Waals surface area contributed by atoms with Crippen LogP contribution in [-0.4, -0.2) is 77.7 Å². The fraction of sp³-hybridized carbons (Fsp3) is 0.400. The summed E-state index contributed by atoms with van der Waals surface area (Å²) in [5.41, 5.74) is -0.704. The SMILES string of the molecule is C[C@H](Nc1nc(C#N)nc2c1cnn2[C@@H]1O[C@H](CS(=O)(=O)CP(=O)(O)O)[C@@H](O)[C@H]1O)c1ccc(F)cc1. The van der Waals surface area contributed by atoms with Crippen LogP contribution in [0.5, 0.6) is 0 Å². The Hall–Kier alpha value is -3.03. The molecule has 1 aliphatic heterocycles. The molecule has 2 aromatic heterocycles. The quantitative estimate of drug-likeness (QED) is 0.234. The fourth-order valence-electron chi connectivity index (χ4n) is 3.94. The van der Waals surface area contributed by atoms with Crippen molar-refractivity contribution >= 4 is 34.3 Å². The Bertz CT molecular complexity index is 1510. The number of benzene rings is 1. The molecule has 5 atom stereocenters. The minimum atomic E-state index is -4.90. The van der Waals surface area contributed by atoms with E-state index in [-0.39, 0.29) is 23.3 Å². The van der Waals surface area contributed by atoms with E-state index in [1.807, 2.05) is 6.07 Å². The molecule has 5 N–H and O–H groups in total. The van der Waals surface area contributed by atoms with Crippen LogP contribution in [-0.2, 0) is 19.1 Å². The van der Waals surface area contributed by atoms with E-state index >= 15 is 0 Å². The van der Waals surface area contributed by atoms with Crippen LogP contribution in [0.3, 0.4) is 0 Å². The highest BCUT2D eigenvalue weighted by Crippen LogP contribution is 2.38. The molecule has 17 heteroatoms. The average Bonchev–Trinajstić information content (AvgIpc) is 3.34. The molecule has 3 heterocycles. The number of aliphatic hydroxyl groups is 2. The number of anilines is 1. The van der Waals surface area contributed by atoms with Crippen molar-refractivity contribution in [1.29, 1.82) is 5.26 Å². The lowest BCUT2D eigenvalue weighted by molar-refractivity contribution is -0.0364. The Labute approximate surface area is 209 Å². The van der Waals surface area contributed by atoms with Crippen molar-refractivity contribution in [3.63, 3.8) is 0 Å². The summed E-state index contributed by atoms with van der Waals surface area (Å²) >= 11 is 0. The molecule has 4 rings (SSSR count). The Balaban J connectivity index is 1.64. The van der Waals surface area contributed by atoms with E-state index in [0.717, 1.165) is 10.2 Å². The zero-order chi connectivity index (χ0) is 27.1. The van der Waals surface area contributed by atoms with E-state index in [0.29, 0.717) is 5.39 Å². The number of fused-ring (bicyclic) bond motifs is 1. The van der Waals surface area contributed by atoms with E-state index < -0.39 is 59.0 Å². The van der Waals surface area contributed by atoms with Crippen LogP contribution in [0.1, 0.15) is 30.6 Å². The van der Waals surface area contributed by atoms with Crippen LogP contribution in [0, 0.1) is 17.1 Å². The third-order valence-corrected chi connectivity index (χ3v) is 9.39. The first-order chi connectivity index (χ1) is 17.3. The number of hydrogen-bond acceptors (Lipinski definition) is 11. The van der Waals surface area contributed by atoms with Gasteiger partial charge in [0.15, 0.2) is 27.2 Å². The Morgan fingerprint density at radius 3 is 2.54 bits per heavy atom. The van der Waals surface area contributed by atoms with Gasteiger partial charge in [-0.05, 0) is 24.6 Å². The standard InChI is InChI=1S/C20H22FN6O8PS/c1-10(11-2-4-12(21)5-3-11)24-18-13-7-23-27(19(13)26-15(6-22)25-18)20-17(29)16(28)14(35-20)8-37(33,34)9-36(30,31)32/h2-5,7,10,14,16-17,20,28-29H,8-9H2,1H3,(H,24,25,26)(H2,30,31,32)/t10-,14+,16+,17+,20+/m0/s1. The van der Waals surface area contributed by atoms with Crippen molar-refractivity contribution in [3.05, 3.63) is 47.7 Å². The van der Waals surface area contributed by atoms with Crippen LogP contribution in [0.15, 0.2) is 30.5 Å². The lowest BCUT2D eigenvalue weighted by Gasteiger charge is -2.17. The van der Waals surface area contributed by atoms with Crippen molar-refractivity contribution in [1.82, 2.24) is 19.7 Å². The van der Waals surface area contributed by atoms with Crippen molar-refractivity contribution in [2.45, 2.75) is 37.5 Å². The minimum absolute atomic E-state index is 0.0235. The molecule has 1 fully saturated rings. The molecule has 1 aromatic carbocycles. The van der Waals surface area contributed by atoms with Gasteiger partial charge in [0, 0.05) is 6.04 Å². The average molecular weight is 556 g/mol. The summed E-state index contributed by atoms with van der Waals surface area (Å²) in [5.74, 6) is -1.44. The van der Waals surface area contributed by atoms with E-state index in [1.165, 1.54) is 18.3 Å². The van der Waals surface area contributed by atoms with Gasteiger partial charge in [-0.3, -0.25) is 4.57 Å². The van der Waals surface area contributed by atoms with Crippen LogP contribution in [0.25, 0.3) is 11.0 Å². The largest absolute Gasteiger partial charge is 0.387 e. The number of nitriles is 1. The first kappa shape index (κ1) is 27.0. The molecular formula is C20H22FN6O8PS. The lowest BCUT2D eigenvalue weighted by Crippen LogP contribution is -2.36. The summed E-state index contributed by atoms with van der Waals surface area (Å²) in [7, 11) is -9.27. The monoisotopic (exact) mass is 556 g/mol. The van der Waals surface area contributed by atoms with Gasteiger partial charge in [0.1, 0.15) is 36.0 Å². The van der Waals surface area contributed by atoms with Gasteiger partial charge in [0.05, 0.1) is 17.3 Å². The molecule has 0 spiro atoms. The molecule has 0 unspecified atom stereocenters. The summed E-state index contributed by atoms with van der Waals surface area (Å²) in [6.45, 7) is 1.78. The van der Waals surface area contributed by atoms with E-state index in [2.05, 4.69) is 20.4 Å². The third-order valence-electron chi connectivity index (χ3n) is 5.64. The molecule has 0 bridgehead atoms. The first-order valence-corrected chi connectivity index (χ1v) is 14.3. The van der Waals surface area contributed by atoms with E-state index in [4.69, 9.17) is 14.5 Å². The number of ether oxygens (including phenoxy) is 1. The first-order valence-electron chi connectivity index (χ1n) is 10.7. The zero-order valence-corrected chi connectivity index (χ0v) is 20.8. The molecule has 1 aliphatic rings. The zero-order valence-electron chi connectivity index (χ0n) is 19.1. The molecule has 3 aromatic rings. The van der Waals surface area contributed by atoms with E-state index in [1.54, 1.807) is 19.1 Å². The number of nitrogens with zero attached hydrogens (tertiary/aromatic N) is 5. The number of aromatic nitrogens is 4. The smallest absolute Gasteiger partial charge is 0.340 e. The second-order valence-electron chi connectivity index (χ2n) is 8.50. The summed E-state index contributed by atoms with van der Waals surface area (Å²) in [4.78, 5) is 26.2. The molecule has 14 nitrogen and oxygen atoms in total. The summed E-state index contributed by atoms with van der Waals surface area (Å²) in [5, 5.41) is 37.9. The maximum Gasteiger partial charge on any atom is 0.340 e. The predicted molar refractivity (Wildman–Crippen MR) is 125 cm³/mol. The van der Waals surface area contributed by atoms with Crippen LogP contribution in [0.4, 0.5) is 10.2 Å². The number of sulfone groups is 1. The minimum Gasteiger partial charge on any atom is -0.387 e. The predicted octanol–water partition coefficient (Wildman–Crippen LogP) is 0.179. The molecule has 0 saturated carbocycles. The summed E-state index contributed by atoms with van der Waals surface area (Å²) in [6.07, 6.45) is -5.07. The van der Waals surface area contributed by atoms with Crippen molar-refractivity contribution in [2.75, 3.05) is 16.6 Å². The Morgan fingerprint density at radius 2 is 1.92 bits per heavy atom. The molecule has 1 saturated heterocycles. The van der Waals surface area contributed by atoms with Gasteiger partial charge in [-0.15, -0.1) is 0 Å². The molecule has 0 amide bonds. The molecular weight excluding hydrogens is 534 g/mol. The topological polar surface area (TPSA) is 221 Å². The molecule has 0 radical (unpaired) electrons. The van der Waals surface area contributed by atoms with Crippen LogP contribution < -0.4 is 5.32 Å². The van der Waals surface area contributed by atoms with Gasteiger partial charge in [0.2, 0.25) is 5.82 Å². The van der Waals surface area contributed by atoms with Gasteiger partial charge in [-0.1, -0.05) is 12.1 Å². The van der Waals surface area contributed by atoms with Crippen molar-refractivity contribution in [2.24, 2.45) is 0 Å². The maximum atomic E-state index is 13.3. The van der Waals surface area contributed by atoms with Gasteiger partial charge < -0.3 is 30.1 Å². The van der Waals surface area contributed by atoms with Crippen molar-refractivity contribution < 1.29 is 42.1 Å². The summed E-state index contributed by atoms with van der Waals surface area (Å²) < 4.78 is 55.3. The fourth-order valence-corrected chi connectivity index (χ4v) is 7.19. The van der Waals surface area contributed by atoms with Crippen LogP contribution >= 0.6 is 7.60 Å². The van der Waals surface area contributed by atoms with Crippen LogP contribution in [0.2, 0.25) is 0 Å².